The van der Waals surface area contributed by atoms with Crippen molar-refractivity contribution in [2.24, 2.45) is 5.92 Å². The standard InChI is InChI=1S/C28H31N3O2/c1-3-30-14-15-31(27(32)18-22-11-9-21(2)10-12-22)20-26(28(30)33)17-23-6-4-7-24(16-23)25-8-5-13-29-19-25/h4-13,16,19,26H,3,14-15,17-18,20H2,1-2H3. The molecule has 1 aliphatic rings. The number of likely N-dealkylation sites (N-methyl/N-ethyl adjacent to an activating group) is 1. The lowest BCUT2D eigenvalue weighted by Gasteiger charge is -2.24. The zero-order valence-electron chi connectivity index (χ0n) is 19.4. The van der Waals surface area contributed by atoms with Gasteiger partial charge in [-0.1, -0.05) is 60.2 Å². The van der Waals surface area contributed by atoms with E-state index in [2.05, 4.69) is 23.2 Å². The minimum Gasteiger partial charge on any atom is -0.341 e. The SMILES string of the molecule is CCN1CCN(C(=O)Cc2ccc(C)cc2)CC(Cc2cccc(-c3cccnc3)c2)C1=O. The molecule has 2 amide bonds. The fourth-order valence-corrected chi connectivity index (χ4v) is 4.43. The number of carbonyl (C=O) groups excluding carboxylic acids is 2. The second-order valence-electron chi connectivity index (χ2n) is 8.76. The van der Waals surface area contributed by atoms with Crippen LogP contribution in [0.25, 0.3) is 11.1 Å². The van der Waals surface area contributed by atoms with Gasteiger partial charge in [0.15, 0.2) is 0 Å². The van der Waals surface area contributed by atoms with Crippen molar-refractivity contribution in [3.8, 4) is 11.1 Å². The van der Waals surface area contributed by atoms with Crippen LogP contribution in [0.2, 0.25) is 0 Å². The predicted octanol–water partition coefficient (Wildman–Crippen LogP) is 4.15. The van der Waals surface area contributed by atoms with Crippen LogP contribution in [0, 0.1) is 12.8 Å². The molecule has 2 aromatic carbocycles. The second kappa shape index (κ2) is 10.4. The van der Waals surface area contributed by atoms with Gasteiger partial charge in [0.05, 0.1) is 12.3 Å². The molecule has 1 fully saturated rings. The predicted molar refractivity (Wildman–Crippen MR) is 131 cm³/mol. The van der Waals surface area contributed by atoms with E-state index in [9.17, 15) is 9.59 Å². The number of aryl methyl sites for hydroxylation is 1. The molecule has 3 aromatic rings. The fraction of sp³-hybridized carbons (Fsp3) is 0.321. The third-order valence-electron chi connectivity index (χ3n) is 6.36. The smallest absolute Gasteiger partial charge is 0.227 e. The third kappa shape index (κ3) is 5.67. The van der Waals surface area contributed by atoms with Gasteiger partial charge in [-0.05, 0) is 48.6 Å². The van der Waals surface area contributed by atoms with Crippen LogP contribution in [0.1, 0.15) is 23.6 Å². The van der Waals surface area contributed by atoms with Gasteiger partial charge in [-0.2, -0.15) is 0 Å². The van der Waals surface area contributed by atoms with Crippen molar-refractivity contribution >= 4 is 11.8 Å². The van der Waals surface area contributed by atoms with E-state index in [0.29, 0.717) is 39.0 Å². The second-order valence-corrected chi connectivity index (χ2v) is 8.76. The van der Waals surface area contributed by atoms with Crippen LogP contribution in [0.3, 0.4) is 0 Å². The maximum atomic E-state index is 13.3. The van der Waals surface area contributed by atoms with Gasteiger partial charge in [0.1, 0.15) is 0 Å². The molecule has 2 heterocycles. The van der Waals surface area contributed by atoms with Crippen molar-refractivity contribution in [2.45, 2.75) is 26.7 Å². The maximum absolute atomic E-state index is 13.3. The van der Waals surface area contributed by atoms with E-state index >= 15 is 0 Å². The number of rotatable bonds is 6. The molecule has 1 saturated heterocycles. The number of aromatic nitrogens is 1. The summed E-state index contributed by atoms with van der Waals surface area (Å²) in [5, 5.41) is 0. The first-order valence-electron chi connectivity index (χ1n) is 11.6. The summed E-state index contributed by atoms with van der Waals surface area (Å²) in [6.07, 6.45) is 4.58. The molecule has 1 aromatic heterocycles. The number of hydrogen-bond donors (Lipinski definition) is 0. The summed E-state index contributed by atoms with van der Waals surface area (Å²) in [5.41, 5.74) is 5.42. The van der Waals surface area contributed by atoms with Crippen molar-refractivity contribution in [2.75, 3.05) is 26.2 Å². The third-order valence-corrected chi connectivity index (χ3v) is 6.36. The van der Waals surface area contributed by atoms with Crippen molar-refractivity contribution in [1.82, 2.24) is 14.8 Å². The lowest BCUT2D eigenvalue weighted by atomic mass is 9.95. The lowest BCUT2D eigenvalue weighted by molar-refractivity contribution is -0.134. The molecule has 0 saturated carbocycles. The minimum atomic E-state index is -0.251. The Bertz CT molecular complexity index is 1100. The first-order valence-corrected chi connectivity index (χ1v) is 11.6. The van der Waals surface area contributed by atoms with Crippen LogP contribution >= 0.6 is 0 Å². The largest absolute Gasteiger partial charge is 0.341 e. The van der Waals surface area contributed by atoms with Gasteiger partial charge in [0.2, 0.25) is 11.8 Å². The maximum Gasteiger partial charge on any atom is 0.227 e. The summed E-state index contributed by atoms with van der Waals surface area (Å²) >= 11 is 0. The van der Waals surface area contributed by atoms with Gasteiger partial charge in [-0.25, -0.2) is 0 Å². The molecule has 0 N–H and O–H groups in total. The van der Waals surface area contributed by atoms with Crippen molar-refractivity contribution in [3.05, 3.63) is 89.7 Å². The Balaban J connectivity index is 1.52. The highest BCUT2D eigenvalue weighted by Gasteiger charge is 2.31. The summed E-state index contributed by atoms with van der Waals surface area (Å²) in [5.74, 6) is -0.0350. The van der Waals surface area contributed by atoms with E-state index in [-0.39, 0.29) is 17.7 Å². The molecule has 0 spiro atoms. The first kappa shape index (κ1) is 22.7. The monoisotopic (exact) mass is 441 g/mol. The zero-order valence-corrected chi connectivity index (χ0v) is 19.4. The fourth-order valence-electron chi connectivity index (χ4n) is 4.43. The summed E-state index contributed by atoms with van der Waals surface area (Å²) < 4.78 is 0. The molecule has 33 heavy (non-hydrogen) atoms. The molecule has 0 bridgehead atoms. The molecule has 5 nitrogen and oxygen atoms in total. The van der Waals surface area contributed by atoms with Gasteiger partial charge < -0.3 is 9.80 Å². The first-order chi connectivity index (χ1) is 16.0. The van der Waals surface area contributed by atoms with E-state index in [1.54, 1.807) is 6.20 Å². The van der Waals surface area contributed by atoms with Crippen molar-refractivity contribution in [1.29, 1.82) is 0 Å². The Kier molecular flexibility index (Phi) is 7.18. The number of hydrogen-bond acceptors (Lipinski definition) is 3. The lowest BCUT2D eigenvalue weighted by Crippen LogP contribution is -2.38. The van der Waals surface area contributed by atoms with Crippen molar-refractivity contribution in [3.63, 3.8) is 0 Å². The molecule has 5 heteroatoms. The molecule has 1 unspecified atom stereocenters. The van der Waals surface area contributed by atoms with Crippen LogP contribution in [0.15, 0.2) is 73.1 Å². The van der Waals surface area contributed by atoms with Crippen LogP contribution in [-0.4, -0.2) is 52.8 Å². The number of pyridine rings is 1. The molecular weight excluding hydrogens is 410 g/mol. The summed E-state index contributed by atoms with van der Waals surface area (Å²) in [6.45, 7) is 6.32. The Hall–Kier alpha value is -3.47. The molecular formula is C28H31N3O2. The Labute approximate surface area is 196 Å². The minimum absolute atomic E-state index is 0.0821. The molecule has 4 rings (SSSR count). The van der Waals surface area contributed by atoms with E-state index < -0.39 is 0 Å². The zero-order chi connectivity index (χ0) is 23.2. The van der Waals surface area contributed by atoms with E-state index in [1.165, 1.54) is 5.56 Å². The highest BCUT2D eigenvalue weighted by molar-refractivity contribution is 5.83. The van der Waals surface area contributed by atoms with Crippen LogP contribution in [0.5, 0.6) is 0 Å². The Morgan fingerprint density at radius 1 is 1.00 bits per heavy atom. The highest BCUT2D eigenvalue weighted by Crippen LogP contribution is 2.23. The van der Waals surface area contributed by atoms with E-state index in [0.717, 1.165) is 22.3 Å². The van der Waals surface area contributed by atoms with Crippen molar-refractivity contribution < 1.29 is 9.59 Å². The Morgan fingerprint density at radius 3 is 2.52 bits per heavy atom. The normalized spacial score (nSPS) is 16.5. The van der Waals surface area contributed by atoms with Crippen LogP contribution in [-0.2, 0) is 22.4 Å². The van der Waals surface area contributed by atoms with Gasteiger partial charge in [0.25, 0.3) is 0 Å². The number of carbonyl (C=O) groups is 2. The molecule has 170 valence electrons. The average Bonchev–Trinajstić information content (AvgIpc) is 3.00. The molecule has 1 atom stereocenters. The van der Waals surface area contributed by atoms with Gasteiger partial charge in [-0.15, -0.1) is 0 Å². The Morgan fingerprint density at radius 2 is 1.79 bits per heavy atom. The van der Waals surface area contributed by atoms with Gasteiger partial charge in [0, 0.05) is 38.6 Å². The topological polar surface area (TPSA) is 53.5 Å². The van der Waals surface area contributed by atoms with E-state index in [4.69, 9.17) is 0 Å². The molecule has 0 radical (unpaired) electrons. The quantitative estimate of drug-likeness (QED) is 0.578. The van der Waals surface area contributed by atoms with Gasteiger partial charge >= 0.3 is 0 Å². The van der Waals surface area contributed by atoms with E-state index in [1.807, 2.05) is 72.3 Å². The summed E-state index contributed by atoms with van der Waals surface area (Å²) in [6, 6.07) is 20.3. The average molecular weight is 442 g/mol. The molecule has 1 aliphatic heterocycles. The molecule has 0 aliphatic carbocycles. The van der Waals surface area contributed by atoms with Crippen LogP contribution in [0.4, 0.5) is 0 Å². The number of nitrogens with zero attached hydrogens (tertiary/aromatic N) is 3. The summed E-state index contributed by atoms with van der Waals surface area (Å²) in [7, 11) is 0. The summed E-state index contributed by atoms with van der Waals surface area (Å²) in [4.78, 5) is 34.4. The van der Waals surface area contributed by atoms with Crippen LogP contribution < -0.4 is 0 Å². The number of benzene rings is 2. The highest BCUT2D eigenvalue weighted by atomic mass is 16.2. The number of amides is 2. The van der Waals surface area contributed by atoms with Gasteiger partial charge in [-0.3, -0.25) is 14.6 Å².